The predicted octanol–water partition coefficient (Wildman–Crippen LogP) is 5.22. The maximum absolute atomic E-state index is 13.6. The molecule has 4 aromatic rings. The molecule has 2 aromatic heterocycles. The van der Waals surface area contributed by atoms with Gasteiger partial charge in [-0.2, -0.15) is 4.98 Å². The number of benzene rings is 2. The first-order valence-corrected chi connectivity index (χ1v) is 11.1. The van der Waals surface area contributed by atoms with Gasteiger partial charge in [0.1, 0.15) is 9.77 Å². The Bertz CT molecular complexity index is 1320. The number of hydrogen-bond donors (Lipinski definition) is 0. The van der Waals surface area contributed by atoms with E-state index in [0.717, 1.165) is 27.8 Å². The first kappa shape index (κ1) is 20.5. The molecular formula is C19H12ClF2N3O3S2. The third kappa shape index (κ3) is 3.69. The minimum atomic E-state index is -4.11. The summed E-state index contributed by atoms with van der Waals surface area (Å²) in [5.41, 5.74) is 0.618. The quantitative estimate of drug-likeness (QED) is 0.402. The Labute approximate surface area is 179 Å². The van der Waals surface area contributed by atoms with Crippen molar-refractivity contribution in [2.24, 2.45) is 0 Å². The molecule has 0 N–H and O–H groups in total. The predicted molar refractivity (Wildman–Crippen MR) is 110 cm³/mol. The van der Waals surface area contributed by atoms with Crippen LogP contribution in [0.25, 0.3) is 22.2 Å². The Morgan fingerprint density at radius 1 is 1.07 bits per heavy atom. The fraction of sp³-hybridized carbons (Fsp3) is 0.0526. The minimum absolute atomic E-state index is 0.0206. The lowest BCUT2D eigenvalue weighted by molar-refractivity contribution is 0.432. The average Bonchev–Trinajstić information content (AvgIpc) is 3.39. The monoisotopic (exact) mass is 467 g/mol. The summed E-state index contributed by atoms with van der Waals surface area (Å²) in [7, 11) is -2.86. The summed E-state index contributed by atoms with van der Waals surface area (Å²) < 4.78 is 59.1. The highest BCUT2D eigenvalue weighted by Gasteiger charge is 2.29. The van der Waals surface area contributed by atoms with Crippen molar-refractivity contribution in [3.8, 4) is 22.2 Å². The van der Waals surface area contributed by atoms with E-state index in [9.17, 15) is 17.2 Å². The zero-order valence-corrected chi connectivity index (χ0v) is 17.6. The number of rotatable bonds is 5. The second kappa shape index (κ2) is 7.78. The fourth-order valence-electron chi connectivity index (χ4n) is 2.66. The first-order chi connectivity index (χ1) is 14.3. The van der Waals surface area contributed by atoms with Gasteiger partial charge < -0.3 is 4.52 Å². The van der Waals surface area contributed by atoms with E-state index < -0.39 is 21.7 Å². The molecule has 0 spiro atoms. The summed E-state index contributed by atoms with van der Waals surface area (Å²) in [5, 5.41) is 6.01. The van der Waals surface area contributed by atoms with Crippen molar-refractivity contribution in [3.63, 3.8) is 0 Å². The lowest BCUT2D eigenvalue weighted by atomic mass is 10.2. The highest BCUT2D eigenvalue weighted by molar-refractivity contribution is 7.93. The van der Waals surface area contributed by atoms with E-state index in [1.54, 1.807) is 29.6 Å². The van der Waals surface area contributed by atoms with Crippen LogP contribution in [0.1, 0.15) is 0 Å². The van der Waals surface area contributed by atoms with Crippen molar-refractivity contribution in [2.75, 3.05) is 11.4 Å². The molecule has 0 aliphatic heterocycles. The lowest BCUT2D eigenvalue weighted by Gasteiger charge is -2.19. The summed E-state index contributed by atoms with van der Waals surface area (Å²) in [5.74, 6) is -1.93. The second-order valence-electron chi connectivity index (χ2n) is 6.11. The molecule has 0 atom stereocenters. The largest absolute Gasteiger partial charge is 0.333 e. The molecule has 2 aromatic carbocycles. The van der Waals surface area contributed by atoms with Crippen LogP contribution < -0.4 is 4.31 Å². The Balaban J connectivity index is 1.70. The minimum Gasteiger partial charge on any atom is -0.333 e. The molecule has 0 bridgehead atoms. The smallest absolute Gasteiger partial charge is 0.269 e. The van der Waals surface area contributed by atoms with Crippen LogP contribution in [0.5, 0.6) is 0 Å². The van der Waals surface area contributed by atoms with Crippen LogP contribution in [0.15, 0.2) is 63.3 Å². The molecule has 0 fully saturated rings. The molecular weight excluding hydrogens is 456 g/mol. The number of thiophene rings is 1. The normalized spacial score (nSPS) is 11.6. The molecule has 0 saturated heterocycles. The zero-order chi connectivity index (χ0) is 21.5. The van der Waals surface area contributed by atoms with Gasteiger partial charge in [-0.05, 0) is 47.8 Å². The van der Waals surface area contributed by atoms with E-state index in [4.69, 9.17) is 16.1 Å². The molecule has 0 aliphatic rings. The van der Waals surface area contributed by atoms with Gasteiger partial charge in [-0.25, -0.2) is 17.2 Å². The molecule has 6 nitrogen and oxygen atoms in total. The van der Waals surface area contributed by atoms with Gasteiger partial charge in [-0.3, -0.25) is 4.31 Å². The van der Waals surface area contributed by atoms with Crippen molar-refractivity contribution < 1.29 is 21.7 Å². The van der Waals surface area contributed by atoms with E-state index in [-0.39, 0.29) is 27.2 Å². The summed E-state index contributed by atoms with van der Waals surface area (Å²) in [6.07, 6.45) is 0. The molecule has 2 heterocycles. The molecule has 0 saturated carbocycles. The summed E-state index contributed by atoms with van der Waals surface area (Å²) in [4.78, 5) is 4.42. The third-order valence-corrected chi connectivity index (χ3v) is 7.37. The van der Waals surface area contributed by atoms with Gasteiger partial charge in [0.2, 0.25) is 5.82 Å². The van der Waals surface area contributed by atoms with E-state index in [2.05, 4.69) is 10.1 Å². The van der Waals surface area contributed by atoms with Crippen molar-refractivity contribution in [1.82, 2.24) is 10.1 Å². The van der Waals surface area contributed by atoms with Gasteiger partial charge >= 0.3 is 0 Å². The van der Waals surface area contributed by atoms with Crippen molar-refractivity contribution in [2.45, 2.75) is 4.90 Å². The van der Waals surface area contributed by atoms with Crippen molar-refractivity contribution >= 4 is 38.6 Å². The van der Waals surface area contributed by atoms with Gasteiger partial charge in [-0.1, -0.05) is 16.8 Å². The van der Waals surface area contributed by atoms with Crippen LogP contribution in [-0.2, 0) is 10.0 Å². The fourth-order valence-corrected chi connectivity index (χ4v) is 5.28. The van der Waals surface area contributed by atoms with Crippen molar-refractivity contribution in [3.05, 3.63) is 70.6 Å². The van der Waals surface area contributed by atoms with E-state index in [1.165, 1.54) is 19.2 Å². The van der Waals surface area contributed by atoms with Crippen LogP contribution in [0.4, 0.5) is 14.5 Å². The third-order valence-electron chi connectivity index (χ3n) is 4.26. The molecule has 4 rings (SSSR count). The second-order valence-corrected chi connectivity index (χ2v) is 9.41. The number of halogens is 3. The maximum atomic E-state index is 13.6. The van der Waals surface area contributed by atoms with Crippen LogP contribution in [0.3, 0.4) is 0 Å². The molecule has 0 amide bonds. The Hall–Kier alpha value is -2.82. The van der Waals surface area contributed by atoms with Gasteiger partial charge in [0.15, 0.2) is 11.6 Å². The molecule has 30 heavy (non-hydrogen) atoms. The van der Waals surface area contributed by atoms with Crippen LogP contribution in [-0.4, -0.2) is 25.6 Å². The molecule has 11 heteroatoms. The summed E-state index contributed by atoms with van der Waals surface area (Å²) in [6, 6.07) is 11.0. The van der Waals surface area contributed by atoms with E-state index >= 15 is 0 Å². The van der Waals surface area contributed by atoms with Gasteiger partial charge in [-0.15, -0.1) is 11.3 Å². The molecule has 0 aliphatic carbocycles. The Morgan fingerprint density at radius 2 is 1.80 bits per heavy atom. The Morgan fingerprint density at radius 3 is 2.50 bits per heavy atom. The molecule has 0 unspecified atom stereocenters. The molecule has 154 valence electrons. The van der Waals surface area contributed by atoms with Crippen molar-refractivity contribution in [1.29, 1.82) is 0 Å². The summed E-state index contributed by atoms with van der Waals surface area (Å²) in [6.45, 7) is 0. The number of aromatic nitrogens is 2. The van der Waals surface area contributed by atoms with Crippen LogP contribution in [0.2, 0.25) is 5.02 Å². The average molecular weight is 468 g/mol. The van der Waals surface area contributed by atoms with E-state index in [0.29, 0.717) is 10.6 Å². The highest BCUT2D eigenvalue weighted by Crippen LogP contribution is 2.35. The van der Waals surface area contributed by atoms with Gasteiger partial charge in [0.25, 0.3) is 15.9 Å². The van der Waals surface area contributed by atoms with Crippen LogP contribution >= 0.6 is 22.9 Å². The highest BCUT2D eigenvalue weighted by atomic mass is 35.5. The summed E-state index contributed by atoms with van der Waals surface area (Å²) >= 11 is 6.98. The Kier molecular flexibility index (Phi) is 5.31. The standard InChI is InChI=1S/C19H12ClF2N3O3S2/c1-25(13-6-7-14(21)15(22)10-13)30(26,27)16-8-9-29-17(16)19-23-18(24-28-19)11-2-4-12(20)5-3-11/h2-10H,1H3. The maximum Gasteiger partial charge on any atom is 0.269 e. The number of hydrogen-bond acceptors (Lipinski definition) is 6. The number of nitrogens with zero attached hydrogens (tertiary/aromatic N) is 3. The first-order valence-electron chi connectivity index (χ1n) is 8.39. The van der Waals surface area contributed by atoms with Crippen LogP contribution in [0, 0.1) is 11.6 Å². The van der Waals surface area contributed by atoms with E-state index in [1.807, 2.05) is 0 Å². The topological polar surface area (TPSA) is 76.3 Å². The SMILES string of the molecule is CN(c1ccc(F)c(F)c1)S(=O)(=O)c1ccsc1-c1nc(-c2ccc(Cl)cc2)no1. The van der Waals surface area contributed by atoms with Gasteiger partial charge in [0, 0.05) is 23.7 Å². The lowest BCUT2D eigenvalue weighted by Crippen LogP contribution is -2.26. The number of sulfonamides is 1. The van der Waals surface area contributed by atoms with Gasteiger partial charge in [0.05, 0.1) is 5.69 Å². The zero-order valence-electron chi connectivity index (χ0n) is 15.2. The number of anilines is 1. The molecule has 0 radical (unpaired) electrons.